The van der Waals surface area contributed by atoms with Crippen molar-refractivity contribution in [3.8, 4) is 5.75 Å². The Morgan fingerprint density at radius 3 is 2.59 bits per heavy atom. The average molecular weight is 448 g/mol. The first-order valence-corrected chi connectivity index (χ1v) is 9.80. The maximum absolute atomic E-state index is 12.7. The summed E-state index contributed by atoms with van der Waals surface area (Å²) in [5, 5.41) is 1.50. The molecule has 0 atom stereocenters. The van der Waals surface area contributed by atoms with Crippen molar-refractivity contribution in [2.24, 2.45) is 5.73 Å². The summed E-state index contributed by atoms with van der Waals surface area (Å²) in [5.74, 6) is -1.20. The Morgan fingerprint density at radius 2 is 1.90 bits per heavy atom. The molecule has 0 radical (unpaired) electrons. The molecule has 29 heavy (non-hydrogen) atoms. The summed E-state index contributed by atoms with van der Waals surface area (Å²) in [6, 6.07) is 13.1. The third-order valence-corrected chi connectivity index (χ3v) is 5.24. The lowest BCUT2D eigenvalue weighted by molar-refractivity contribution is -0.123. The van der Waals surface area contributed by atoms with Crippen LogP contribution in [0.25, 0.3) is 6.08 Å². The van der Waals surface area contributed by atoms with Gasteiger partial charge in [0.1, 0.15) is 5.75 Å². The third kappa shape index (κ3) is 5.14. The van der Waals surface area contributed by atoms with Crippen molar-refractivity contribution in [3.63, 3.8) is 0 Å². The van der Waals surface area contributed by atoms with Gasteiger partial charge in [-0.3, -0.25) is 19.8 Å². The summed E-state index contributed by atoms with van der Waals surface area (Å²) in [4.78, 5) is 36.3. The molecule has 1 heterocycles. The molecule has 0 bridgehead atoms. The standard InChI is InChI=1S/C19H14ClN3O4S2/c20-13-7-5-11(6-8-13)17(25)22-23-18(26)15(29-19(23)28)9-12-3-1-2-4-14(12)27-10-16(21)24/h1-9H,10H2,(H2,21,24)(H,22,25)/b15-9+. The van der Waals surface area contributed by atoms with Gasteiger partial charge in [0.15, 0.2) is 10.9 Å². The van der Waals surface area contributed by atoms with Crippen molar-refractivity contribution in [1.82, 2.24) is 10.4 Å². The van der Waals surface area contributed by atoms with Crippen molar-refractivity contribution in [1.29, 1.82) is 0 Å². The van der Waals surface area contributed by atoms with E-state index in [2.05, 4.69) is 5.43 Å². The summed E-state index contributed by atoms with van der Waals surface area (Å²) in [7, 11) is 0. The fourth-order valence-corrected chi connectivity index (χ4v) is 3.65. The normalized spacial score (nSPS) is 14.9. The predicted molar refractivity (Wildman–Crippen MR) is 115 cm³/mol. The monoisotopic (exact) mass is 447 g/mol. The summed E-state index contributed by atoms with van der Waals surface area (Å²) in [6.45, 7) is -0.289. The molecule has 148 valence electrons. The minimum absolute atomic E-state index is 0.180. The number of hydrogen-bond donors (Lipinski definition) is 2. The van der Waals surface area contributed by atoms with E-state index in [1.807, 2.05) is 0 Å². The summed E-state index contributed by atoms with van der Waals surface area (Å²) >= 11 is 12.1. The number of ether oxygens (including phenoxy) is 1. The summed E-state index contributed by atoms with van der Waals surface area (Å²) in [5.41, 5.74) is 8.50. The summed E-state index contributed by atoms with van der Waals surface area (Å²) < 4.78 is 5.54. The Morgan fingerprint density at radius 1 is 1.21 bits per heavy atom. The fourth-order valence-electron chi connectivity index (χ4n) is 2.35. The predicted octanol–water partition coefficient (Wildman–Crippen LogP) is 2.75. The number of nitrogens with two attached hydrogens (primary N) is 1. The smallest absolute Gasteiger partial charge is 0.285 e. The van der Waals surface area contributed by atoms with E-state index in [-0.39, 0.29) is 10.9 Å². The highest BCUT2D eigenvalue weighted by atomic mass is 35.5. The molecule has 0 unspecified atom stereocenters. The number of thioether (sulfide) groups is 1. The zero-order chi connectivity index (χ0) is 21.0. The Bertz CT molecular complexity index is 1020. The second-order valence-electron chi connectivity index (χ2n) is 5.76. The number of amides is 3. The van der Waals surface area contributed by atoms with Gasteiger partial charge in [-0.05, 0) is 48.6 Å². The molecule has 1 aliphatic heterocycles. The molecule has 2 aromatic rings. The van der Waals surface area contributed by atoms with Gasteiger partial charge in [0, 0.05) is 16.1 Å². The van der Waals surface area contributed by atoms with Crippen molar-refractivity contribution in [2.75, 3.05) is 6.61 Å². The van der Waals surface area contributed by atoms with E-state index in [0.29, 0.717) is 26.8 Å². The van der Waals surface area contributed by atoms with Crippen LogP contribution in [0.4, 0.5) is 0 Å². The van der Waals surface area contributed by atoms with Crippen LogP contribution >= 0.6 is 35.6 Å². The van der Waals surface area contributed by atoms with E-state index in [1.165, 1.54) is 12.1 Å². The minimum Gasteiger partial charge on any atom is -0.483 e. The van der Waals surface area contributed by atoms with E-state index in [0.717, 1.165) is 16.8 Å². The number of primary amides is 1. The SMILES string of the molecule is NC(=O)COc1ccccc1/C=C1/SC(=S)N(NC(=O)c2ccc(Cl)cc2)C1=O. The zero-order valence-electron chi connectivity index (χ0n) is 14.8. The number of thiocarbonyl (C=S) groups is 1. The largest absolute Gasteiger partial charge is 0.483 e. The number of hydrogen-bond acceptors (Lipinski definition) is 6. The molecule has 1 saturated heterocycles. The number of nitrogens with zero attached hydrogens (tertiary/aromatic N) is 1. The highest BCUT2D eigenvalue weighted by Gasteiger charge is 2.34. The van der Waals surface area contributed by atoms with Crippen LogP contribution in [0.5, 0.6) is 5.75 Å². The van der Waals surface area contributed by atoms with Gasteiger partial charge >= 0.3 is 0 Å². The minimum atomic E-state index is -0.615. The first kappa shape index (κ1) is 20.8. The molecule has 3 rings (SSSR count). The highest BCUT2D eigenvalue weighted by molar-refractivity contribution is 8.26. The number of benzene rings is 2. The number of hydrazine groups is 1. The van der Waals surface area contributed by atoms with Gasteiger partial charge in [-0.2, -0.15) is 5.01 Å². The third-order valence-electron chi connectivity index (χ3n) is 3.69. The maximum atomic E-state index is 12.7. The van der Waals surface area contributed by atoms with Gasteiger partial charge in [-0.15, -0.1) is 0 Å². The van der Waals surface area contributed by atoms with Crippen LogP contribution in [-0.2, 0) is 9.59 Å². The second kappa shape index (κ2) is 9.08. The molecule has 10 heteroatoms. The van der Waals surface area contributed by atoms with Crippen molar-refractivity contribution in [3.05, 3.63) is 69.6 Å². The number of carbonyl (C=O) groups is 3. The number of halogens is 1. The van der Waals surface area contributed by atoms with Crippen LogP contribution in [0.1, 0.15) is 15.9 Å². The molecule has 0 aromatic heterocycles. The lowest BCUT2D eigenvalue weighted by Gasteiger charge is -2.15. The number of para-hydroxylation sites is 1. The molecule has 3 N–H and O–H groups in total. The van der Waals surface area contributed by atoms with E-state index < -0.39 is 17.7 Å². The van der Waals surface area contributed by atoms with Crippen molar-refractivity contribution in [2.45, 2.75) is 0 Å². The first-order valence-electron chi connectivity index (χ1n) is 8.20. The topological polar surface area (TPSA) is 102 Å². The lowest BCUT2D eigenvalue weighted by atomic mass is 10.2. The molecule has 1 aliphatic rings. The molecule has 1 fully saturated rings. The molecular weight excluding hydrogens is 434 g/mol. The Hall–Kier alpha value is -2.88. The van der Waals surface area contributed by atoms with Crippen LogP contribution < -0.4 is 15.9 Å². The fraction of sp³-hybridized carbons (Fsp3) is 0.0526. The molecule has 3 amide bonds. The lowest BCUT2D eigenvalue weighted by Crippen LogP contribution is -2.44. The highest BCUT2D eigenvalue weighted by Crippen LogP contribution is 2.33. The van der Waals surface area contributed by atoms with Gasteiger partial charge < -0.3 is 10.5 Å². The van der Waals surface area contributed by atoms with Crippen LogP contribution in [0.3, 0.4) is 0 Å². The van der Waals surface area contributed by atoms with E-state index in [9.17, 15) is 14.4 Å². The molecule has 0 aliphatic carbocycles. The Balaban J connectivity index is 1.77. The number of carbonyl (C=O) groups excluding carboxylic acids is 3. The van der Waals surface area contributed by atoms with E-state index >= 15 is 0 Å². The average Bonchev–Trinajstić information content (AvgIpc) is 2.95. The van der Waals surface area contributed by atoms with Gasteiger partial charge in [0.25, 0.3) is 17.7 Å². The van der Waals surface area contributed by atoms with Crippen LogP contribution in [-0.4, -0.2) is 33.7 Å². The van der Waals surface area contributed by atoms with Crippen LogP contribution in [0, 0.1) is 0 Å². The van der Waals surface area contributed by atoms with E-state index in [4.69, 9.17) is 34.3 Å². The first-order chi connectivity index (χ1) is 13.8. The summed E-state index contributed by atoms with van der Waals surface area (Å²) in [6.07, 6.45) is 1.57. The Labute approximate surface area is 180 Å². The van der Waals surface area contributed by atoms with E-state index in [1.54, 1.807) is 42.5 Å². The zero-order valence-corrected chi connectivity index (χ0v) is 17.1. The molecule has 0 spiro atoms. The Kier molecular flexibility index (Phi) is 6.53. The van der Waals surface area contributed by atoms with Crippen molar-refractivity contribution >= 4 is 63.7 Å². The van der Waals surface area contributed by atoms with Crippen LogP contribution in [0.2, 0.25) is 5.02 Å². The molecule has 0 saturated carbocycles. The van der Waals surface area contributed by atoms with Gasteiger partial charge in [0.05, 0.1) is 4.91 Å². The molecular formula is C19H14ClN3O4S2. The van der Waals surface area contributed by atoms with Crippen LogP contribution in [0.15, 0.2) is 53.4 Å². The molecule has 7 nitrogen and oxygen atoms in total. The molecule has 2 aromatic carbocycles. The van der Waals surface area contributed by atoms with Gasteiger partial charge in [-0.1, -0.05) is 41.6 Å². The maximum Gasteiger partial charge on any atom is 0.285 e. The van der Waals surface area contributed by atoms with Gasteiger partial charge in [-0.25, -0.2) is 0 Å². The second-order valence-corrected chi connectivity index (χ2v) is 7.87. The number of rotatable bonds is 6. The van der Waals surface area contributed by atoms with Crippen molar-refractivity contribution < 1.29 is 19.1 Å². The quantitative estimate of drug-likeness (QED) is 0.521. The number of nitrogens with one attached hydrogen (secondary N) is 1. The van der Waals surface area contributed by atoms with Gasteiger partial charge in [0.2, 0.25) is 0 Å².